The normalized spacial score (nSPS) is 10.4. The third kappa shape index (κ3) is 2.51. The van der Waals surface area contributed by atoms with Crippen LogP contribution in [-0.2, 0) is 0 Å². The van der Waals surface area contributed by atoms with Crippen LogP contribution in [0.5, 0.6) is 0 Å². The van der Waals surface area contributed by atoms with Crippen LogP contribution in [0.3, 0.4) is 0 Å². The van der Waals surface area contributed by atoms with Crippen molar-refractivity contribution in [2.45, 2.75) is 0 Å². The van der Waals surface area contributed by atoms with Crippen LogP contribution in [0, 0.1) is 17.5 Å². The van der Waals surface area contributed by atoms with Crippen LogP contribution in [0.4, 0.5) is 30.2 Å². The highest BCUT2D eigenvalue weighted by Gasteiger charge is 2.12. The molecule has 2 aromatic rings. The van der Waals surface area contributed by atoms with E-state index in [1.165, 1.54) is 12.1 Å². The predicted octanol–water partition coefficient (Wildman–Crippen LogP) is 4.08. The average Bonchev–Trinajstić information content (AvgIpc) is 2.25. The summed E-state index contributed by atoms with van der Waals surface area (Å²) >= 11 is 5.68. The minimum Gasteiger partial charge on any atom is -0.399 e. The third-order valence-electron chi connectivity index (χ3n) is 2.26. The number of benzene rings is 2. The summed E-state index contributed by atoms with van der Waals surface area (Å²) < 4.78 is 39.8. The standard InChI is InChI=1S/C12H8ClF3N2/c13-8-3-6(14)4-10(16)12(8)18-11-2-1-7(17)5-9(11)15/h1-5,18H,17H2. The summed E-state index contributed by atoms with van der Waals surface area (Å²) in [6.07, 6.45) is 0. The molecule has 0 saturated carbocycles. The van der Waals surface area contributed by atoms with E-state index in [9.17, 15) is 13.2 Å². The van der Waals surface area contributed by atoms with Gasteiger partial charge < -0.3 is 11.1 Å². The maximum atomic E-state index is 13.5. The van der Waals surface area contributed by atoms with E-state index in [4.69, 9.17) is 17.3 Å². The maximum Gasteiger partial charge on any atom is 0.151 e. The molecule has 0 aromatic heterocycles. The Morgan fingerprint density at radius 3 is 2.33 bits per heavy atom. The summed E-state index contributed by atoms with van der Waals surface area (Å²) in [7, 11) is 0. The summed E-state index contributed by atoms with van der Waals surface area (Å²) in [5.74, 6) is -2.37. The molecule has 0 fully saturated rings. The zero-order valence-electron chi connectivity index (χ0n) is 8.98. The summed E-state index contributed by atoms with van der Waals surface area (Å²) in [6, 6.07) is 5.45. The maximum absolute atomic E-state index is 13.5. The summed E-state index contributed by atoms with van der Waals surface area (Å²) in [6.45, 7) is 0. The van der Waals surface area contributed by atoms with Gasteiger partial charge in [0.1, 0.15) is 11.6 Å². The van der Waals surface area contributed by atoms with E-state index in [0.29, 0.717) is 6.07 Å². The van der Waals surface area contributed by atoms with Crippen molar-refractivity contribution in [3.63, 3.8) is 0 Å². The van der Waals surface area contributed by atoms with Crippen LogP contribution >= 0.6 is 11.6 Å². The van der Waals surface area contributed by atoms with Crippen LogP contribution in [0.15, 0.2) is 30.3 Å². The third-order valence-corrected chi connectivity index (χ3v) is 2.56. The highest BCUT2D eigenvalue weighted by Crippen LogP contribution is 2.30. The second kappa shape index (κ2) is 4.78. The van der Waals surface area contributed by atoms with E-state index in [0.717, 1.165) is 12.1 Å². The van der Waals surface area contributed by atoms with Crippen molar-refractivity contribution in [1.29, 1.82) is 0 Å². The molecule has 0 saturated heterocycles. The molecule has 0 atom stereocenters. The Morgan fingerprint density at radius 1 is 1.00 bits per heavy atom. The lowest BCUT2D eigenvalue weighted by Gasteiger charge is -2.11. The highest BCUT2D eigenvalue weighted by atomic mass is 35.5. The van der Waals surface area contributed by atoms with Gasteiger partial charge in [0, 0.05) is 11.8 Å². The van der Waals surface area contributed by atoms with Gasteiger partial charge in [-0.2, -0.15) is 0 Å². The molecule has 0 aliphatic heterocycles. The molecule has 0 amide bonds. The number of rotatable bonds is 2. The van der Waals surface area contributed by atoms with E-state index in [-0.39, 0.29) is 22.1 Å². The lowest BCUT2D eigenvalue weighted by atomic mass is 10.2. The Kier molecular flexibility index (Phi) is 3.34. The SMILES string of the molecule is Nc1ccc(Nc2c(F)cc(F)cc2Cl)c(F)c1. The minimum absolute atomic E-state index is 0.00314. The van der Waals surface area contributed by atoms with Gasteiger partial charge in [0.05, 0.1) is 16.4 Å². The largest absolute Gasteiger partial charge is 0.399 e. The molecule has 6 heteroatoms. The zero-order valence-corrected chi connectivity index (χ0v) is 9.73. The molecule has 0 spiro atoms. The fraction of sp³-hybridized carbons (Fsp3) is 0. The van der Waals surface area contributed by atoms with Crippen molar-refractivity contribution in [1.82, 2.24) is 0 Å². The highest BCUT2D eigenvalue weighted by molar-refractivity contribution is 6.33. The van der Waals surface area contributed by atoms with E-state index < -0.39 is 17.5 Å². The molecule has 0 aliphatic rings. The van der Waals surface area contributed by atoms with Gasteiger partial charge in [-0.3, -0.25) is 0 Å². The van der Waals surface area contributed by atoms with E-state index >= 15 is 0 Å². The lowest BCUT2D eigenvalue weighted by molar-refractivity contribution is 0.585. The topological polar surface area (TPSA) is 38.0 Å². The second-order valence-corrected chi connectivity index (χ2v) is 4.02. The monoisotopic (exact) mass is 272 g/mol. The molecule has 2 rings (SSSR count). The van der Waals surface area contributed by atoms with Crippen molar-refractivity contribution in [3.05, 3.63) is 52.8 Å². The van der Waals surface area contributed by atoms with Crippen LogP contribution in [-0.4, -0.2) is 0 Å². The number of anilines is 3. The van der Waals surface area contributed by atoms with Crippen molar-refractivity contribution >= 4 is 28.7 Å². The minimum atomic E-state index is -0.906. The Morgan fingerprint density at radius 2 is 1.72 bits per heavy atom. The van der Waals surface area contributed by atoms with Crippen molar-refractivity contribution in [3.8, 4) is 0 Å². The number of hydrogen-bond donors (Lipinski definition) is 2. The number of nitrogens with two attached hydrogens (primary N) is 1. The van der Waals surface area contributed by atoms with Crippen molar-refractivity contribution < 1.29 is 13.2 Å². The van der Waals surface area contributed by atoms with Gasteiger partial charge >= 0.3 is 0 Å². The van der Waals surface area contributed by atoms with Gasteiger partial charge in [0.25, 0.3) is 0 Å². The first-order valence-corrected chi connectivity index (χ1v) is 5.32. The summed E-state index contributed by atoms with van der Waals surface area (Å²) in [5, 5.41) is 2.28. The van der Waals surface area contributed by atoms with E-state index in [1.54, 1.807) is 0 Å². The second-order valence-electron chi connectivity index (χ2n) is 3.61. The van der Waals surface area contributed by atoms with Gasteiger partial charge in [-0.15, -0.1) is 0 Å². The van der Waals surface area contributed by atoms with Crippen LogP contribution in [0.1, 0.15) is 0 Å². The molecule has 0 unspecified atom stereocenters. The van der Waals surface area contributed by atoms with Crippen LogP contribution < -0.4 is 11.1 Å². The first-order chi connectivity index (χ1) is 8.47. The van der Waals surface area contributed by atoms with Gasteiger partial charge in [0.15, 0.2) is 5.82 Å². The summed E-state index contributed by atoms with van der Waals surface area (Å²) in [4.78, 5) is 0. The fourth-order valence-electron chi connectivity index (χ4n) is 1.43. The Hall–Kier alpha value is -1.88. The smallest absolute Gasteiger partial charge is 0.151 e. The number of halogens is 4. The van der Waals surface area contributed by atoms with Gasteiger partial charge in [-0.1, -0.05) is 11.6 Å². The number of nitrogen functional groups attached to an aromatic ring is 1. The van der Waals surface area contributed by atoms with Gasteiger partial charge in [-0.25, -0.2) is 13.2 Å². The first kappa shape index (κ1) is 12.6. The molecular formula is C12H8ClF3N2. The molecule has 0 bridgehead atoms. The number of hydrogen-bond acceptors (Lipinski definition) is 2. The molecule has 2 nitrogen and oxygen atoms in total. The Labute approximate surface area is 106 Å². The molecule has 3 N–H and O–H groups in total. The van der Waals surface area contributed by atoms with Crippen molar-refractivity contribution in [2.75, 3.05) is 11.1 Å². The predicted molar refractivity (Wildman–Crippen MR) is 65.5 cm³/mol. The summed E-state index contributed by atoms with van der Waals surface area (Å²) in [5.41, 5.74) is 5.43. The molecule has 2 aromatic carbocycles. The molecule has 18 heavy (non-hydrogen) atoms. The fourth-order valence-corrected chi connectivity index (χ4v) is 1.67. The quantitative estimate of drug-likeness (QED) is 0.808. The lowest BCUT2D eigenvalue weighted by Crippen LogP contribution is -1.99. The van der Waals surface area contributed by atoms with Gasteiger partial charge in [0.2, 0.25) is 0 Å². The molecular weight excluding hydrogens is 265 g/mol. The molecule has 0 heterocycles. The molecule has 94 valence electrons. The average molecular weight is 273 g/mol. The van der Waals surface area contributed by atoms with Crippen LogP contribution in [0.25, 0.3) is 0 Å². The Balaban J connectivity index is 2.40. The van der Waals surface area contributed by atoms with Crippen LogP contribution in [0.2, 0.25) is 5.02 Å². The molecule has 0 radical (unpaired) electrons. The molecule has 0 aliphatic carbocycles. The van der Waals surface area contributed by atoms with E-state index in [1.807, 2.05) is 0 Å². The Bertz CT molecular complexity index is 579. The van der Waals surface area contributed by atoms with E-state index in [2.05, 4.69) is 5.32 Å². The van der Waals surface area contributed by atoms with Gasteiger partial charge in [-0.05, 0) is 24.3 Å². The first-order valence-electron chi connectivity index (χ1n) is 4.94. The van der Waals surface area contributed by atoms with Crippen molar-refractivity contribution in [2.24, 2.45) is 0 Å². The number of nitrogens with one attached hydrogen (secondary N) is 1. The zero-order chi connectivity index (χ0) is 13.3.